The molecular weight excluding hydrogens is 537 g/mol. The number of nitrogens with one attached hydrogen (secondary N) is 3. The third kappa shape index (κ3) is 7.85. The number of likely N-dealkylation sites (tertiary alicyclic amines) is 1. The lowest BCUT2D eigenvalue weighted by Gasteiger charge is -2.48. The van der Waals surface area contributed by atoms with Crippen LogP contribution in [0.3, 0.4) is 0 Å². The van der Waals surface area contributed by atoms with Crippen molar-refractivity contribution in [3.8, 4) is 0 Å². The summed E-state index contributed by atoms with van der Waals surface area (Å²) < 4.78 is 25.8. The molecule has 7 nitrogen and oxygen atoms in total. The van der Waals surface area contributed by atoms with Crippen molar-refractivity contribution in [1.29, 1.82) is 0 Å². The second kappa shape index (κ2) is 13.1. The SMILES string of the molecule is CN=C(NCc1ccc(CS(=O)(=O)NC)cc1)NCC1(N2CCCCC2)CCCCC1.I. The third-order valence-corrected chi connectivity index (χ3v) is 8.11. The molecule has 0 radical (unpaired) electrons. The Morgan fingerprint density at radius 2 is 1.56 bits per heavy atom. The number of hydrogen-bond donors (Lipinski definition) is 3. The van der Waals surface area contributed by atoms with Crippen LogP contribution in [0, 0.1) is 0 Å². The molecule has 3 rings (SSSR count). The summed E-state index contributed by atoms with van der Waals surface area (Å²) in [5.41, 5.74) is 2.13. The second-order valence-corrected chi connectivity index (χ2v) is 10.8. The van der Waals surface area contributed by atoms with E-state index in [2.05, 4.69) is 25.2 Å². The van der Waals surface area contributed by atoms with Gasteiger partial charge in [-0.25, -0.2) is 13.1 Å². The Morgan fingerprint density at radius 1 is 0.969 bits per heavy atom. The van der Waals surface area contributed by atoms with Crippen LogP contribution >= 0.6 is 24.0 Å². The highest BCUT2D eigenvalue weighted by atomic mass is 127. The lowest BCUT2D eigenvalue weighted by molar-refractivity contribution is 0.0368. The summed E-state index contributed by atoms with van der Waals surface area (Å²) in [5.74, 6) is 0.822. The maximum atomic E-state index is 11.7. The first-order valence-electron chi connectivity index (χ1n) is 11.6. The van der Waals surface area contributed by atoms with Crippen LogP contribution in [0.2, 0.25) is 0 Å². The zero-order valence-electron chi connectivity index (χ0n) is 19.5. The van der Waals surface area contributed by atoms with Crippen LogP contribution < -0.4 is 15.4 Å². The zero-order valence-corrected chi connectivity index (χ0v) is 22.7. The smallest absolute Gasteiger partial charge is 0.215 e. The van der Waals surface area contributed by atoms with Gasteiger partial charge < -0.3 is 10.6 Å². The number of rotatable bonds is 8. The van der Waals surface area contributed by atoms with Gasteiger partial charge in [-0.1, -0.05) is 49.9 Å². The van der Waals surface area contributed by atoms with Gasteiger partial charge in [0.1, 0.15) is 0 Å². The molecule has 0 atom stereocenters. The maximum absolute atomic E-state index is 11.7. The Morgan fingerprint density at radius 3 is 2.16 bits per heavy atom. The maximum Gasteiger partial charge on any atom is 0.215 e. The number of guanidine groups is 1. The van der Waals surface area contributed by atoms with Crippen molar-refractivity contribution >= 4 is 40.0 Å². The molecule has 32 heavy (non-hydrogen) atoms. The molecule has 1 saturated heterocycles. The zero-order chi connectivity index (χ0) is 22.2. The monoisotopic (exact) mass is 577 g/mol. The van der Waals surface area contributed by atoms with Crippen molar-refractivity contribution < 1.29 is 8.42 Å². The van der Waals surface area contributed by atoms with Crippen LogP contribution in [0.15, 0.2) is 29.3 Å². The summed E-state index contributed by atoms with van der Waals surface area (Å²) in [7, 11) is 0.00719. The fraction of sp³-hybridized carbons (Fsp3) is 0.696. The van der Waals surface area contributed by atoms with Crippen LogP contribution in [0.4, 0.5) is 0 Å². The topological polar surface area (TPSA) is 85.8 Å². The van der Waals surface area contributed by atoms with Gasteiger partial charge in [-0.05, 0) is 56.9 Å². The minimum atomic E-state index is -3.25. The van der Waals surface area contributed by atoms with Gasteiger partial charge in [-0.15, -0.1) is 24.0 Å². The average molecular weight is 578 g/mol. The Bertz CT molecular complexity index is 817. The molecule has 1 aromatic rings. The molecule has 2 aliphatic rings. The van der Waals surface area contributed by atoms with Crippen LogP contribution in [0.25, 0.3) is 0 Å². The molecule has 1 aliphatic carbocycles. The lowest BCUT2D eigenvalue weighted by Crippen LogP contribution is -2.59. The molecule has 1 heterocycles. The minimum absolute atomic E-state index is 0. The minimum Gasteiger partial charge on any atom is -0.355 e. The van der Waals surface area contributed by atoms with Gasteiger partial charge in [0.05, 0.1) is 5.75 Å². The van der Waals surface area contributed by atoms with Crippen LogP contribution in [-0.2, 0) is 22.3 Å². The first-order valence-corrected chi connectivity index (χ1v) is 13.3. The lowest BCUT2D eigenvalue weighted by atomic mass is 9.79. The molecule has 9 heteroatoms. The average Bonchev–Trinajstić information content (AvgIpc) is 2.81. The van der Waals surface area contributed by atoms with Crippen molar-refractivity contribution in [3.05, 3.63) is 35.4 Å². The van der Waals surface area contributed by atoms with E-state index in [-0.39, 0.29) is 35.3 Å². The number of nitrogens with zero attached hydrogens (tertiary/aromatic N) is 2. The van der Waals surface area contributed by atoms with E-state index in [1.54, 1.807) is 0 Å². The van der Waals surface area contributed by atoms with E-state index >= 15 is 0 Å². The van der Waals surface area contributed by atoms with E-state index in [9.17, 15) is 8.42 Å². The summed E-state index contributed by atoms with van der Waals surface area (Å²) >= 11 is 0. The van der Waals surface area contributed by atoms with Crippen molar-refractivity contribution in [2.24, 2.45) is 4.99 Å². The largest absolute Gasteiger partial charge is 0.355 e. The molecule has 1 aromatic carbocycles. The summed E-state index contributed by atoms with van der Waals surface area (Å²) in [6, 6.07) is 7.68. The molecular formula is C23H40IN5O2S. The highest BCUT2D eigenvalue weighted by molar-refractivity contribution is 14.0. The van der Waals surface area contributed by atoms with E-state index < -0.39 is 10.0 Å². The highest BCUT2D eigenvalue weighted by Crippen LogP contribution is 2.35. The van der Waals surface area contributed by atoms with Gasteiger partial charge in [0.25, 0.3) is 0 Å². The van der Waals surface area contributed by atoms with Gasteiger partial charge in [-0.3, -0.25) is 9.89 Å². The Kier molecular flexibility index (Phi) is 11.2. The first-order chi connectivity index (χ1) is 15.0. The van der Waals surface area contributed by atoms with Gasteiger partial charge >= 0.3 is 0 Å². The Hall–Kier alpha value is -0.910. The molecule has 0 aromatic heterocycles. The van der Waals surface area contributed by atoms with Crippen molar-refractivity contribution in [1.82, 2.24) is 20.3 Å². The molecule has 0 bridgehead atoms. The van der Waals surface area contributed by atoms with Crippen LogP contribution in [0.1, 0.15) is 62.5 Å². The van der Waals surface area contributed by atoms with E-state index in [0.717, 1.165) is 23.6 Å². The number of benzene rings is 1. The predicted octanol–water partition coefficient (Wildman–Crippen LogP) is 3.21. The summed E-state index contributed by atoms with van der Waals surface area (Å²) in [4.78, 5) is 7.17. The Labute approximate surface area is 211 Å². The van der Waals surface area contributed by atoms with E-state index in [1.165, 1.54) is 71.5 Å². The molecule has 0 unspecified atom stereocenters. The summed E-state index contributed by atoms with van der Waals surface area (Å²) in [5, 5.41) is 7.02. The number of piperidine rings is 1. The molecule has 1 aliphatic heterocycles. The van der Waals surface area contributed by atoms with E-state index in [1.807, 2.05) is 31.3 Å². The summed E-state index contributed by atoms with van der Waals surface area (Å²) in [6.45, 7) is 4.04. The molecule has 2 fully saturated rings. The van der Waals surface area contributed by atoms with Crippen LogP contribution in [-0.4, -0.2) is 58.5 Å². The van der Waals surface area contributed by atoms with E-state index in [4.69, 9.17) is 0 Å². The fourth-order valence-electron chi connectivity index (χ4n) is 4.88. The highest BCUT2D eigenvalue weighted by Gasteiger charge is 2.38. The standard InChI is InChI=1S/C23H39N5O2S.HI/c1-24-22(26-17-20-9-11-21(12-10-20)18-31(29,30)25-2)27-19-23(13-5-3-6-14-23)28-15-7-4-8-16-28;/h9-12,25H,3-8,13-19H2,1-2H3,(H2,24,26,27);1H. The van der Waals surface area contributed by atoms with Crippen molar-refractivity contribution in [3.63, 3.8) is 0 Å². The van der Waals surface area contributed by atoms with Gasteiger partial charge in [-0.2, -0.15) is 0 Å². The Balaban J connectivity index is 0.00000363. The number of halogens is 1. The first kappa shape index (κ1) is 27.3. The van der Waals surface area contributed by atoms with Crippen LogP contribution in [0.5, 0.6) is 0 Å². The van der Waals surface area contributed by atoms with E-state index in [0.29, 0.717) is 6.54 Å². The molecule has 0 amide bonds. The normalized spacial score (nSPS) is 19.8. The van der Waals surface area contributed by atoms with Gasteiger partial charge in [0.15, 0.2) is 5.96 Å². The van der Waals surface area contributed by atoms with Gasteiger partial charge in [0.2, 0.25) is 10.0 Å². The van der Waals surface area contributed by atoms with Gasteiger partial charge in [0, 0.05) is 25.7 Å². The number of hydrogen-bond acceptors (Lipinski definition) is 4. The molecule has 182 valence electrons. The summed E-state index contributed by atoms with van der Waals surface area (Å²) in [6.07, 6.45) is 10.5. The fourth-order valence-corrected chi connectivity index (χ4v) is 5.66. The van der Waals surface area contributed by atoms with Crippen molar-refractivity contribution in [2.45, 2.75) is 69.2 Å². The van der Waals surface area contributed by atoms with Crippen molar-refractivity contribution in [2.75, 3.05) is 33.7 Å². The second-order valence-electron chi connectivity index (χ2n) is 8.89. The third-order valence-electron chi connectivity index (χ3n) is 6.77. The molecule has 1 saturated carbocycles. The predicted molar refractivity (Wildman–Crippen MR) is 143 cm³/mol. The molecule has 3 N–H and O–H groups in total. The quantitative estimate of drug-likeness (QED) is 0.251. The molecule has 0 spiro atoms. The number of aliphatic imine (C=N–C) groups is 1. The number of sulfonamides is 1.